The molecule has 1 aromatic carbocycles. The van der Waals surface area contributed by atoms with Gasteiger partial charge in [0, 0.05) is 23.2 Å². The van der Waals surface area contributed by atoms with Crippen LogP contribution in [-0.4, -0.2) is 29.2 Å². The molecule has 0 heterocycles. The lowest BCUT2D eigenvalue weighted by Crippen LogP contribution is -2.57. The molecule has 4 N–H and O–H groups in total. The number of carbonyl (C=O) groups is 1. The lowest BCUT2D eigenvalue weighted by molar-refractivity contribution is -0.0430. The molecular formula is C12H15ClN2O2. The molecule has 2 rings (SSSR count). The first kappa shape index (κ1) is 12.4. The lowest BCUT2D eigenvalue weighted by atomic mass is 9.76. The van der Waals surface area contributed by atoms with E-state index in [1.807, 2.05) is 0 Å². The molecule has 17 heavy (non-hydrogen) atoms. The molecule has 1 aliphatic carbocycles. The van der Waals surface area contributed by atoms with Gasteiger partial charge in [-0.15, -0.1) is 0 Å². The van der Waals surface area contributed by atoms with Gasteiger partial charge in [-0.3, -0.25) is 4.79 Å². The molecule has 1 amide bonds. The van der Waals surface area contributed by atoms with Crippen molar-refractivity contribution < 1.29 is 9.90 Å². The summed E-state index contributed by atoms with van der Waals surface area (Å²) < 4.78 is 0. The second-order valence-corrected chi connectivity index (χ2v) is 5.02. The predicted molar refractivity (Wildman–Crippen MR) is 65.9 cm³/mol. The molecule has 0 aromatic heterocycles. The van der Waals surface area contributed by atoms with E-state index in [1.165, 1.54) is 0 Å². The molecule has 1 aliphatic rings. The Hall–Kier alpha value is -1.10. The van der Waals surface area contributed by atoms with Crippen LogP contribution in [0.5, 0.6) is 0 Å². The maximum Gasteiger partial charge on any atom is 0.251 e. The summed E-state index contributed by atoms with van der Waals surface area (Å²) in [6, 6.07) is 6.66. The van der Waals surface area contributed by atoms with Gasteiger partial charge in [0.05, 0.1) is 5.60 Å². The van der Waals surface area contributed by atoms with Crippen LogP contribution in [0.4, 0.5) is 0 Å². The van der Waals surface area contributed by atoms with Crippen molar-refractivity contribution in [1.82, 2.24) is 5.32 Å². The summed E-state index contributed by atoms with van der Waals surface area (Å²) in [5, 5.41) is 13.2. The Kier molecular flexibility index (Phi) is 3.38. The van der Waals surface area contributed by atoms with Crippen LogP contribution in [0, 0.1) is 0 Å². The van der Waals surface area contributed by atoms with Gasteiger partial charge in [-0.05, 0) is 37.1 Å². The Labute approximate surface area is 105 Å². The van der Waals surface area contributed by atoms with Crippen molar-refractivity contribution in [3.63, 3.8) is 0 Å². The fourth-order valence-corrected chi connectivity index (χ4v) is 2.13. The highest BCUT2D eigenvalue weighted by atomic mass is 35.5. The number of nitrogens with one attached hydrogen (secondary N) is 1. The van der Waals surface area contributed by atoms with Gasteiger partial charge in [-0.25, -0.2) is 0 Å². The molecule has 4 nitrogen and oxygen atoms in total. The van der Waals surface area contributed by atoms with Crippen molar-refractivity contribution in [2.24, 2.45) is 5.73 Å². The van der Waals surface area contributed by atoms with E-state index < -0.39 is 5.60 Å². The summed E-state index contributed by atoms with van der Waals surface area (Å²) in [5.74, 6) is -0.212. The topological polar surface area (TPSA) is 75.3 Å². The molecule has 92 valence electrons. The number of hydrogen-bond acceptors (Lipinski definition) is 3. The maximum absolute atomic E-state index is 11.7. The van der Waals surface area contributed by atoms with Gasteiger partial charge < -0.3 is 16.2 Å². The van der Waals surface area contributed by atoms with Gasteiger partial charge in [0.25, 0.3) is 5.91 Å². The van der Waals surface area contributed by atoms with Gasteiger partial charge in [-0.2, -0.15) is 0 Å². The summed E-state index contributed by atoms with van der Waals surface area (Å²) in [7, 11) is 0. The first-order valence-corrected chi connectivity index (χ1v) is 5.88. The molecule has 0 saturated heterocycles. The third-order valence-electron chi connectivity index (χ3n) is 2.97. The summed E-state index contributed by atoms with van der Waals surface area (Å²) in [4.78, 5) is 11.7. The van der Waals surface area contributed by atoms with Crippen molar-refractivity contribution in [2.45, 2.75) is 24.5 Å². The van der Waals surface area contributed by atoms with E-state index in [0.717, 1.165) is 0 Å². The highest BCUT2D eigenvalue weighted by Crippen LogP contribution is 2.29. The van der Waals surface area contributed by atoms with Crippen LogP contribution < -0.4 is 11.1 Å². The predicted octanol–water partition coefficient (Wildman–Crippen LogP) is 0.922. The molecule has 0 bridgehead atoms. The molecule has 1 fully saturated rings. The van der Waals surface area contributed by atoms with E-state index in [4.69, 9.17) is 17.3 Å². The Morgan fingerprint density at radius 3 is 2.59 bits per heavy atom. The number of aliphatic hydroxyl groups is 1. The zero-order chi connectivity index (χ0) is 12.5. The molecule has 0 radical (unpaired) electrons. The third-order valence-corrected chi connectivity index (χ3v) is 3.22. The van der Waals surface area contributed by atoms with Crippen molar-refractivity contribution in [2.75, 3.05) is 6.54 Å². The van der Waals surface area contributed by atoms with E-state index in [9.17, 15) is 9.90 Å². The SMILES string of the molecule is NC1CC(O)(CNC(=O)c2ccc(Cl)cc2)C1. The number of benzene rings is 1. The van der Waals surface area contributed by atoms with Crippen LogP contribution in [0.1, 0.15) is 23.2 Å². The van der Waals surface area contributed by atoms with Crippen molar-refractivity contribution in [3.8, 4) is 0 Å². The number of rotatable bonds is 3. The summed E-state index contributed by atoms with van der Waals surface area (Å²) >= 11 is 5.73. The van der Waals surface area contributed by atoms with E-state index >= 15 is 0 Å². The Morgan fingerprint density at radius 2 is 2.06 bits per heavy atom. The zero-order valence-electron chi connectivity index (χ0n) is 9.32. The lowest BCUT2D eigenvalue weighted by Gasteiger charge is -2.41. The quantitative estimate of drug-likeness (QED) is 0.751. The molecule has 1 aromatic rings. The van der Waals surface area contributed by atoms with Gasteiger partial charge in [-0.1, -0.05) is 11.6 Å². The number of hydrogen-bond donors (Lipinski definition) is 3. The smallest absolute Gasteiger partial charge is 0.251 e. The molecule has 0 aliphatic heterocycles. The maximum atomic E-state index is 11.7. The Balaban J connectivity index is 1.87. The molecule has 5 heteroatoms. The van der Waals surface area contributed by atoms with E-state index in [1.54, 1.807) is 24.3 Å². The normalized spacial score (nSPS) is 27.4. The van der Waals surface area contributed by atoms with Crippen molar-refractivity contribution in [1.29, 1.82) is 0 Å². The van der Waals surface area contributed by atoms with Crippen LogP contribution in [0.15, 0.2) is 24.3 Å². The second kappa shape index (κ2) is 4.64. The number of carbonyl (C=O) groups excluding carboxylic acids is 1. The minimum Gasteiger partial charge on any atom is -0.388 e. The number of nitrogens with two attached hydrogens (primary N) is 1. The summed E-state index contributed by atoms with van der Waals surface area (Å²) in [6.07, 6.45) is 1.07. The minimum absolute atomic E-state index is 0.0485. The van der Waals surface area contributed by atoms with Crippen molar-refractivity contribution in [3.05, 3.63) is 34.9 Å². The second-order valence-electron chi connectivity index (χ2n) is 4.58. The van der Waals surface area contributed by atoms with Crippen LogP contribution in [0.2, 0.25) is 5.02 Å². The van der Waals surface area contributed by atoms with Gasteiger partial charge >= 0.3 is 0 Å². The highest BCUT2D eigenvalue weighted by molar-refractivity contribution is 6.30. The molecular weight excluding hydrogens is 240 g/mol. The average Bonchev–Trinajstić information content (AvgIpc) is 2.25. The summed E-state index contributed by atoms with van der Waals surface area (Å²) in [6.45, 7) is 0.238. The van der Waals surface area contributed by atoms with Crippen LogP contribution in [0.3, 0.4) is 0 Å². The van der Waals surface area contributed by atoms with Crippen LogP contribution >= 0.6 is 11.6 Å². The van der Waals surface area contributed by atoms with Crippen molar-refractivity contribution >= 4 is 17.5 Å². The Morgan fingerprint density at radius 1 is 1.47 bits per heavy atom. The monoisotopic (exact) mass is 254 g/mol. The molecule has 0 atom stereocenters. The average molecular weight is 255 g/mol. The van der Waals surface area contributed by atoms with Crippen LogP contribution in [-0.2, 0) is 0 Å². The van der Waals surface area contributed by atoms with E-state index in [-0.39, 0.29) is 18.5 Å². The van der Waals surface area contributed by atoms with Gasteiger partial charge in [0.1, 0.15) is 0 Å². The first-order valence-electron chi connectivity index (χ1n) is 5.50. The fourth-order valence-electron chi connectivity index (χ4n) is 2.01. The van der Waals surface area contributed by atoms with Gasteiger partial charge in [0.15, 0.2) is 0 Å². The molecule has 1 saturated carbocycles. The third kappa shape index (κ3) is 2.97. The standard InChI is InChI=1S/C12H15ClN2O2/c13-9-3-1-8(2-4-9)11(16)15-7-12(17)5-10(14)6-12/h1-4,10,17H,5-7,14H2,(H,15,16). The first-order chi connectivity index (χ1) is 7.98. The fraction of sp³-hybridized carbons (Fsp3) is 0.417. The largest absolute Gasteiger partial charge is 0.388 e. The summed E-state index contributed by atoms with van der Waals surface area (Å²) in [5.41, 5.74) is 5.30. The molecule has 0 spiro atoms. The van der Waals surface area contributed by atoms with Gasteiger partial charge in [0.2, 0.25) is 0 Å². The number of halogens is 1. The van der Waals surface area contributed by atoms with E-state index in [2.05, 4.69) is 5.32 Å². The van der Waals surface area contributed by atoms with Crippen LogP contribution in [0.25, 0.3) is 0 Å². The molecule has 0 unspecified atom stereocenters. The zero-order valence-corrected chi connectivity index (χ0v) is 10.1. The van der Waals surface area contributed by atoms with E-state index in [0.29, 0.717) is 23.4 Å². The number of amides is 1. The highest BCUT2D eigenvalue weighted by Gasteiger charge is 2.40. The minimum atomic E-state index is -0.832. The Bertz CT molecular complexity index is 413.